The summed E-state index contributed by atoms with van der Waals surface area (Å²) >= 11 is 9.50. The number of aromatic nitrogens is 1. The molecule has 1 rings (SSSR count). The van der Waals surface area contributed by atoms with Crippen molar-refractivity contribution >= 4 is 33.3 Å². The fourth-order valence-electron chi connectivity index (χ4n) is 1.31. The number of pyridine rings is 1. The van der Waals surface area contributed by atoms with E-state index in [0.29, 0.717) is 0 Å². The first-order valence-electron chi connectivity index (χ1n) is 4.71. The topological polar surface area (TPSA) is 16.1 Å². The number of anilines is 1. The van der Waals surface area contributed by atoms with Gasteiger partial charge in [0, 0.05) is 24.6 Å². The minimum atomic E-state index is 0.724. The minimum Gasteiger partial charge on any atom is -0.355 e. The number of halogens is 2. The van der Waals surface area contributed by atoms with Gasteiger partial charge in [0.2, 0.25) is 0 Å². The van der Waals surface area contributed by atoms with Crippen molar-refractivity contribution in [2.75, 3.05) is 23.3 Å². The van der Waals surface area contributed by atoms with Gasteiger partial charge in [-0.1, -0.05) is 34.5 Å². The normalized spacial score (nSPS) is 10.2. The van der Waals surface area contributed by atoms with Gasteiger partial charge in [0.15, 0.2) is 0 Å². The monoisotopic (exact) mass is 276 g/mol. The number of hydrogen-bond acceptors (Lipinski definition) is 2. The smallest absolute Gasteiger partial charge is 0.147 e. The Balaban J connectivity index is 2.81. The summed E-state index contributed by atoms with van der Waals surface area (Å²) in [6.45, 7) is 4.07. The highest BCUT2D eigenvalue weighted by Crippen LogP contribution is 2.22. The molecule has 0 aliphatic carbocycles. The molecule has 0 saturated carbocycles. The average Bonchev–Trinajstić information content (AvgIpc) is 2.18. The van der Waals surface area contributed by atoms with Crippen molar-refractivity contribution in [1.82, 2.24) is 4.98 Å². The molecule has 4 heteroatoms. The second kappa shape index (κ2) is 6.25. The molecule has 0 atom stereocenters. The van der Waals surface area contributed by atoms with Crippen LogP contribution in [0, 0.1) is 0 Å². The van der Waals surface area contributed by atoms with Gasteiger partial charge >= 0.3 is 0 Å². The van der Waals surface area contributed by atoms with Crippen LogP contribution in [0.1, 0.15) is 13.3 Å². The maximum absolute atomic E-state index is 6.07. The molecule has 0 saturated heterocycles. The molecule has 1 heterocycles. The molecule has 0 fully saturated rings. The summed E-state index contributed by atoms with van der Waals surface area (Å²) in [5, 5.41) is 1.65. The Kier molecular flexibility index (Phi) is 5.26. The summed E-state index contributed by atoms with van der Waals surface area (Å²) in [5.74, 6) is 0.885. The van der Waals surface area contributed by atoms with Crippen molar-refractivity contribution < 1.29 is 0 Å². The SMILES string of the molecule is CCCN(CCBr)c1ncccc1Cl. The van der Waals surface area contributed by atoms with E-state index < -0.39 is 0 Å². The lowest BCUT2D eigenvalue weighted by Crippen LogP contribution is -2.27. The molecule has 0 unspecified atom stereocenters. The Hall–Kier alpha value is -0.280. The van der Waals surface area contributed by atoms with E-state index in [1.807, 2.05) is 12.1 Å². The molecule has 0 radical (unpaired) electrons. The van der Waals surface area contributed by atoms with E-state index in [9.17, 15) is 0 Å². The average molecular weight is 278 g/mol. The van der Waals surface area contributed by atoms with E-state index >= 15 is 0 Å². The van der Waals surface area contributed by atoms with E-state index in [0.717, 1.165) is 35.7 Å². The second-order valence-corrected chi connectivity index (χ2v) is 4.19. The summed E-state index contributed by atoms with van der Waals surface area (Å²) < 4.78 is 0. The zero-order valence-electron chi connectivity index (χ0n) is 8.21. The van der Waals surface area contributed by atoms with Crippen molar-refractivity contribution in [3.63, 3.8) is 0 Å². The van der Waals surface area contributed by atoms with Crippen LogP contribution < -0.4 is 4.90 Å². The molecule has 0 aliphatic rings. The van der Waals surface area contributed by atoms with Gasteiger partial charge in [-0.3, -0.25) is 0 Å². The third-order valence-corrected chi connectivity index (χ3v) is 2.54. The molecule has 0 aliphatic heterocycles. The Morgan fingerprint density at radius 1 is 1.50 bits per heavy atom. The first-order valence-corrected chi connectivity index (χ1v) is 6.21. The van der Waals surface area contributed by atoms with Crippen molar-refractivity contribution in [3.8, 4) is 0 Å². The summed E-state index contributed by atoms with van der Waals surface area (Å²) in [6, 6.07) is 3.73. The summed E-state index contributed by atoms with van der Waals surface area (Å²) in [6.07, 6.45) is 2.87. The van der Waals surface area contributed by atoms with E-state index in [-0.39, 0.29) is 0 Å². The first kappa shape index (κ1) is 11.8. The number of nitrogens with zero attached hydrogens (tertiary/aromatic N) is 2. The molecule has 14 heavy (non-hydrogen) atoms. The lowest BCUT2D eigenvalue weighted by Gasteiger charge is -2.22. The van der Waals surface area contributed by atoms with E-state index in [1.54, 1.807) is 6.20 Å². The molecule has 0 bridgehead atoms. The molecule has 0 amide bonds. The Morgan fingerprint density at radius 3 is 2.86 bits per heavy atom. The molecule has 0 N–H and O–H groups in total. The highest BCUT2D eigenvalue weighted by molar-refractivity contribution is 9.09. The summed E-state index contributed by atoms with van der Waals surface area (Å²) in [4.78, 5) is 6.48. The lowest BCUT2D eigenvalue weighted by molar-refractivity contribution is 0.784. The number of hydrogen-bond donors (Lipinski definition) is 0. The van der Waals surface area contributed by atoms with Crippen LogP contribution in [0.15, 0.2) is 18.3 Å². The molecule has 2 nitrogen and oxygen atoms in total. The Bertz CT molecular complexity index is 275. The number of alkyl halides is 1. The highest BCUT2D eigenvalue weighted by atomic mass is 79.9. The number of rotatable bonds is 5. The van der Waals surface area contributed by atoms with Gasteiger partial charge in [-0.2, -0.15) is 0 Å². The highest BCUT2D eigenvalue weighted by Gasteiger charge is 2.09. The molecule has 78 valence electrons. The molecular weight excluding hydrogens is 263 g/mol. The third kappa shape index (κ3) is 3.14. The molecule has 0 aromatic carbocycles. The van der Waals surface area contributed by atoms with Crippen LogP contribution >= 0.6 is 27.5 Å². The molecule has 1 aromatic heterocycles. The van der Waals surface area contributed by atoms with Crippen molar-refractivity contribution in [2.24, 2.45) is 0 Å². The minimum absolute atomic E-state index is 0.724. The molecular formula is C10H14BrClN2. The van der Waals surface area contributed by atoms with Crippen LogP contribution in [0.5, 0.6) is 0 Å². The van der Waals surface area contributed by atoms with Gasteiger partial charge in [0.1, 0.15) is 5.82 Å². The predicted octanol–water partition coefficient (Wildman–Crippen LogP) is 3.35. The van der Waals surface area contributed by atoms with Gasteiger partial charge < -0.3 is 4.90 Å². The van der Waals surface area contributed by atoms with E-state index in [4.69, 9.17) is 11.6 Å². The first-order chi connectivity index (χ1) is 6.79. The predicted molar refractivity (Wildman–Crippen MR) is 65.5 cm³/mol. The largest absolute Gasteiger partial charge is 0.355 e. The van der Waals surface area contributed by atoms with E-state index in [2.05, 4.69) is 32.7 Å². The second-order valence-electron chi connectivity index (χ2n) is 2.98. The molecule has 0 spiro atoms. The van der Waals surface area contributed by atoms with Crippen LogP contribution in [0.4, 0.5) is 5.82 Å². The van der Waals surface area contributed by atoms with Crippen LogP contribution in [-0.2, 0) is 0 Å². The van der Waals surface area contributed by atoms with Crippen molar-refractivity contribution in [1.29, 1.82) is 0 Å². The van der Waals surface area contributed by atoms with Crippen molar-refractivity contribution in [3.05, 3.63) is 23.4 Å². The summed E-state index contributed by atoms with van der Waals surface area (Å²) in [7, 11) is 0. The van der Waals surface area contributed by atoms with Gasteiger partial charge in [0.05, 0.1) is 5.02 Å². The molecule has 1 aromatic rings. The van der Waals surface area contributed by atoms with Crippen LogP contribution in [0.2, 0.25) is 5.02 Å². The third-order valence-electron chi connectivity index (χ3n) is 1.89. The van der Waals surface area contributed by atoms with Gasteiger partial charge in [0.25, 0.3) is 0 Å². The standard InChI is InChI=1S/C10H14BrClN2/c1-2-7-14(8-5-11)10-9(12)4-3-6-13-10/h3-4,6H,2,5,7-8H2,1H3. The van der Waals surface area contributed by atoms with Gasteiger partial charge in [-0.05, 0) is 18.6 Å². The van der Waals surface area contributed by atoms with Crippen LogP contribution in [0.3, 0.4) is 0 Å². The fourth-order valence-corrected chi connectivity index (χ4v) is 1.97. The zero-order chi connectivity index (χ0) is 10.4. The quantitative estimate of drug-likeness (QED) is 0.767. The summed E-state index contributed by atoms with van der Waals surface area (Å²) in [5.41, 5.74) is 0. The van der Waals surface area contributed by atoms with E-state index in [1.165, 1.54) is 0 Å². The Labute approximate surface area is 98.4 Å². The fraction of sp³-hybridized carbons (Fsp3) is 0.500. The zero-order valence-corrected chi connectivity index (χ0v) is 10.6. The van der Waals surface area contributed by atoms with Crippen molar-refractivity contribution in [2.45, 2.75) is 13.3 Å². The van der Waals surface area contributed by atoms with Gasteiger partial charge in [-0.25, -0.2) is 4.98 Å². The Morgan fingerprint density at radius 2 is 2.29 bits per heavy atom. The van der Waals surface area contributed by atoms with Crippen LogP contribution in [-0.4, -0.2) is 23.4 Å². The van der Waals surface area contributed by atoms with Crippen LogP contribution in [0.25, 0.3) is 0 Å². The maximum Gasteiger partial charge on any atom is 0.147 e. The van der Waals surface area contributed by atoms with Gasteiger partial charge in [-0.15, -0.1) is 0 Å². The lowest BCUT2D eigenvalue weighted by atomic mass is 10.3. The maximum atomic E-state index is 6.07.